The summed E-state index contributed by atoms with van der Waals surface area (Å²) in [5.74, 6) is 0.932. The van der Waals surface area contributed by atoms with Crippen molar-refractivity contribution in [2.75, 3.05) is 5.43 Å². The minimum Gasteiger partial charge on any atom is -0.455 e. The van der Waals surface area contributed by atoms with Crippen LogP contribution in [0.2, 0.25) is 5.02 Å². The fourth-order valence-electron chi connectivity index (χ4n) is 2.28. The molecule has 0 aliphatic rings. The van der Waals surface area contributed by atoms with Gasteiger partial charge in [0.2, 0.25) is 0 Å². The molecular weight excluding hydrogens is 395 g/mol. The molecule has 3 aromatic rings. The van der Waals surface area contributed by atoms with Crippen molar-refractivity contribution in [1.29, 1.82) is 0 Å². The molecule has 144 valence electrons. The van der Waals surface area contributed by atoms with Crippen LogP contribution in [-0.4, -0.2) is 17.0 Å². The van der Waals surface area contributed by atoms with Crippen molar-refractivity contribution < 1.29 is 22.4 Å². The summed E-state index contributed by atoms with van der Waals surface area (Å²) in [6.45, 7) is 1.49. The third kappa shape index (κ3) is 4.58. The van der Waals surface area contributed by atoms with E-state index >= 15 is 0 Å². The molecule has 0 unspecified atom stereocenters. The van der Waals surface area contributed by atoms with Crippen molar-refractivity contribution >= 4 is 29.4 Å². The maximum Gasteiger partial charge on any atom is 0.417 e. The topological polar surface area (TPSA) is 67.5 Å². The van der Waals surface area contributed by atoms with Gasteiger partial charge in [-0.05, 0) is 25.1 Å². The van der Waals surface area contributed by atoms with Crippen molar-refractivity contribution in [1.82, 2.24) is 4.98 Å². The van der Waals surface area contributed by atoms with Crippen LogP contribution < -0.4 is 5.43 Å². The third-order valence-corrected chi connectivity index (χ3v) is 4.02. The Kier molecular flexibility index (Phi) is 5.51. The smallest absolute Gasteiger partial charge is 0.417 e. The van der Waals surface area contributed by atoms with E-state index in [1.165, 1.54) is 13.1 Å². The zero-order valence-corrected chi connectivity index (χ0v) is 15.2. The third-order valence-electron chi connectivity index (χ3n) is 3.73. The summed E-state index contributed by atoms with van der Waals surface area (Å²) in [7, 11) is 0. The molecule has 3 rings (SSSR count). The van der Waals surface area contributed by atoms with Crippen LogP contribution in [0, 0.1) is 0 Å². The number of anilines is 1. The van der Waals surface area contributed by atoms with Crippen LogP contribution in [0.15, 0.2) is 58.2 Å². The number of benzene rings is 1. The highest BCUT2D eigenvalue weighted by atomic mass is 35.5. The number of carbonyl (C=O) groups excluding carboxylic acids is 1. The maximum atomic E-state index is 12.6. The van der Waals surface area contributed by atoms with Gasteiger partial charge in [-0.15, -0.1) is 0 Å². The Morgan fingerprint density at radius 1 is 1.21 bits per heavy atom. The normalized spacial score (nSPS) is 11.8. The minimum atomic E-state index is -4.52. The predicted octanol–water partition coefficient (Wildman–Crippen LogP) is 5.66. The number of hydrogen-bond acceptors (Lipinski definition) is 5. The molecule has 2 aromatic heterocycles. The molecule has 2 heterocycles. The van der Waals surface area contributed by atoms with Crippen molar-refractivity contribution in [2.45, 2.75) is 13.1 Å². The predicted molar refractivity (Wildman–Crippen MR) is 99.6 cm³/mol. The summed E-state index contributed by atoms with van der Waals surface area (Å²) < 4.78 is 43.4. The number of hydrogen-bond donors (Lipinski definition) is 1. The van der Waals surface area contributed by atoms with Crippen molar-refractivity contribution in [3.05, 3.63) is 70.6 Å². The van der Waals surface area contributed by atoms with E-state index in [9.17, 15) is 18.0 Å². The average molecular weight is 408 g/mol. The number of carbonyl (C=O) groups is 1. The summed E-state index contributed by atoms with van der Waals surface area (Å²) in [5, 5.41) is 3.66. The minimum absolute atomic E-state index is 0.0162. The largest absolute Gasteiger partial charge is 0.455 e. The standard InChI is InChI=1S/C19H13ClF3N3O2/c1-11(27)12-2-4-13(5-3-12)17-7-6-15(28-17)10-25-26-18-16(20)8-14(9-24-18)19(21,22)23/h2-10H,1H3,(H,24,26)/b25-10-. The van der Waals surface area contributed by atoms with Crippen molar-refractivity contribution in [3.63, 3.8) is 0 Å². The summed E-state index contributed by atoms with van der Waals surface area (Å²) in [4.78, 5) is 14.9. The molecule has 0 saturated carbocycles. The Hall–Kier alpha value is -3.13. The molecule has 0 atom stereocenters. The van der Waals surface area contributed by atoms with Crippen LogP contribution in [0.4, 0.5) is 19.0 Å². The first-order valence-corrected chi connectivity index (χ1v) is 8.35. The summed E-state index contributed by atoms with van der Waals surface area (Å²) in [5.41, 5.74) is 2.91. The highest BCUT2D eigenvalue weighted by molar-refractivity contribution is 6.32. The second kappa shape index (κ2) is 7.85. The Bertz CT molecular complexity index is 1030. The summed E-state index contributed by atoms with van der Waals surface area (Å²) in [6.07, 6.45) is -2.52. The molecule has 0 amide bonds. The van der Waals surface area contributed by atoms with Gasteiger partial charge in [0.05, 0.1) is 16.8 Å². The van der Waals surface area contributed by atoms with Crippen molar-refractivity contribution in [3.8, 4) is 11.3 Å². The van der Waals surface area contributed by atoms with E-state index in [1.807, 2.05) is 0 Å². The van der Waals surface area contributed by atoms with Gasteiger partial charge < -0.3 is 4.42 Å². The number of Topliss-reactive ketones (excluding diaryl/α,β-unsaturated/α-hetero) is 1. The van der Waals surface area contributed by atoms with Crippen LogP contribution in [0.1, 0.15) is 28.6 Å². The fourth-order valence-corrected chi connectivity index (χ4v) is 2.49. The number of ketones is 1. The lowest BCUT2D eigenvalue weighted by Gasteiger charge is -2.08. The highest BCUT2D eigenvalue weighted by Gasteiger charge is 2.31. The fraction of sp³-hybridized carbons (Fsp3) is 0.105. The van der Waals surface area contributed by atoms with E-state index < -0.39 is 11.7 Å². The Morgan fingerprint density at radius 3 is 2.54 bits per heavy atom. The van der Waals surface area contributed by atoms with Crippen molar-refractivity contribution in [2.24, 2.45) is 5.10 Å². The Labute approximate surface area is 162 Å². The summed E-state index contributed by atoms with van der Waals surface area (Å²) in [6, 6.07) is 11.1. The number of furan rings is 1. The molecule has 1 N–H and O–H groups in total. The molecule has 0 spiro atoms. The van der Waals surface area contributed by atoms with E-state index in [1.54, 1.807) is 36.4 Å². The van der Waals surface area contributed by atoms with Gasteiger partial charge in [0.15, 0.2) is 11.6 Å². The van der Waals surface area contributed by atoms with Gasteiger partial charge in [-0.2, -0.15) is 18.3 Å². The van der Waals surface area contributed by atoms with E-state index in [0.29, 0.717) is 23.3 Å². The number of nitrogens with zero attached hydrogens (tertiary/aromatic N) is 2. The number of nitrogens with one attached hydrogen (secondary N) is 1. The number of hydrazone groups is 1. The Balaban J connectivity index is 1.68. The number of aromatic nitrogens is 1. The molecule has 9 heteroatoms. The summed E-state index contributed by atoms with van der Waals surface area (Å²) >= 11 is 5.79. The highest BCUT2D eigenvalue weighted by Crippen LogP contribution is 2.32. The van der Waals surface area contributed by atoms with Gasteiger partial charge in [0, 0.05) is 17.3 Å². The molecule has 0 aliphatic heterocycles. The van der Waals surface area contributed by atoms with Gasteiger partial charge in [0.1, 0.15) is 11.5 Å². The first-order valence-electron chi connectivity index (χ1n) is 7.97. The lowest BCUT2D eigenvalue weighted by Crippen LogP contribution is -2.06. The van der Waals surface area contributed by atoms with Crippen LogP contribution in [0.25, 0.3) is 11.3 Å². The molecule has 0 aliphatic carbocycles. The second-order valence-electron chi connectivity index (χ2n) is 5.76. The van der Waals surface area contributed by atoms with Crippen LogP contribution in [-0.2, 0) is 6.18 Å². The maximum absolute atomic E-state index is 12.6. The van der Waals surface area contributed by atoms with E-state index in [-0.39, 0.29) is 16.6 Å². The molecule has 5 nitrogen and oxygen atoms in total. The lowest BCUT2D eigenvalue weighted by atomic mass is 10.1. The molecule has 0 radical (unpaired) electrons. The average Bonchev–Trinajstić information content (AvgIpc) is 3.11. The first-order chi connectivity index (χ1) is 13.2. The molecule has 28 heavy (non-hydrogen) atoms. The molecule has 0 bridgehead atoms. The molecule has 1 aromatic carbocycles. The number of alkyl halides is 3. The molecule has 0 saturated heterocycles. The quantitative estimate of drug-likeness (QED) is 0.336. The molecular formula is C19H13ClF3N3O2. The van der Waals surface area contributed by atoms with Gasteiger partial charge in [-0.3, -0.25) is 10.2 Å². The van der Waals surface area contributed by atoms with Crippen LogP contribution in [0.5, 0.6) is 0 Å². The van der Waals surface area contributed by atoms with Gasteiger partial charge >= 0.3 is 6.18 Å². The second-order valence-corrected chi connectivity index (χ2v) is 6.16. The molecule has 0 fully saturated rings. The zero-order chi connectivity index (χ0) is 20.3. The SMILES string of the molecule is CC(=O)c1ccc(-c2ccc(/C=N\Nc3ncc(C(F)(F)F)cc3Cl)o2)cc1. The monoisotopic (exact) mass is 407 g/mol. The van der Waals surface area contributed by atoms with Gasteiger partial charge in [-0.25, -0.2) is 4.98 Å². The van der Waals surface area contributed by atoms with Crippen LogP contribution in [0.3, 0.4) is 0 Å². The lowest BCUT2D eigenvalue weighted by molar-refractivity contribution is -0.137. The van der Waals surface area contributed by atoms with Crippen LogP contribution >= 0.6 is 11.6 Å². The number of halogens is 4. The zero-order valence-electron chi connectivity index (χ0n) is 14.4. The first kappa shape index (κ1) is 19.6. The number of pyridine rings is 1. The van der Waals surface area contributed by atoms with Gasteiger partial charge in [-0.1, -0.05) is 35.9 Å². The Morgan fingerprint density at radius 2 is 1.93 bits per heavy atom. The van der Waals surface area contributed by atoms with E-state index in [0.717, 1.165) is 11.6 Å². The van der Waals surface area contributed by atoms with Gasteiger partial charge in [0.25, 0.3) is 0 Å². The van der Waals surface area contributed by atoms with E-state index in [2.05, 4.69) is 15.5 Å². The number of rotatable bonds is 5. The van der Waals surface area contributed by atoms with E-state index in [4.69, 9.17) is 16.0 Å².